The van der Waals surface area contributed by atoms with Gasteiger partial charge in [0.05, 0.1) is 10.5 Å². The topological polar surface area (TPSA) is 83.9 Å². The Morgan fingerprint density at radius 1 is 1.21 bits per heavy atom. The molecule has 0 spiro atoms. The molecule has 114 valence electrons. The molecule has 0 rings (SSSR count). The van der Waals surface area contributed by atoms with Crippen LogP contribution in [0.2, 0.25) is 0 Å². The fraction of sp³-hybridized carbons (Fsp3) is 0.545. The highest BCUT2D eigenvalue weighted by molar-refractivity contribution is 9.28. The molecular weight excluding hydrogens is 386 g/mol. The first kappa shape index (κ1) is 26.8. The number of hydrogen-bond donors (Lipinski definition) is 1. The first-order valence-electron chi connectivity index (χ1n) is 4.95. The first-order valence-corrected chi connectivity index (χ1v) is 6.54. The van der Waals surface area contributed by atoms with Crippen molar-refractivity contribution < 1.29 is 24.3 Å². The fourth-order valence-electron chi connectivity index (χ4n) is 0.129. The molecule has 1 amide bonds. The first-order chi connectivity index (χ1) is 8.60. The van der Waals surface area contributed by atoms with Gasteiger partial charge in [-0.1, -0.05) is 6.08 Å². The average Bonchev–Trinajstić information content (AvgIpc) is 2.28. The minimum atomic E-state index is -0.833. The third kappa shape index (κ3) is 76.2. The van der Waals surface area contributed by atoms with E-state index in [1.165, 1.54) is 21.0 Å². The number of allylic oxidation sites excluding steroid dienone is 1. The Hall–Kier alpha value is -0.730. The minimum absolute atomic E-state index is 0.0949. The van der Waals surface area contributed by atoms with Crippen LogP contribution in [0.1, 0.15) is 27.7 Å². The van der Waals surface area contributed by atoms with Crippen molar-refractivity contribution in [3.8, 4) is 0 Å². The number of hydroxylamine groups is 2. The number of carbonyl (C=O) groups is 3. The predicted molar refractivity (Wildman–Crippen MR) is 82.1 cm³/mol. The van der Waals surface area contributed by atoms with Crippen LogP contribution in [-0.2, 0) is 19.2 Å². The zero-order chi connectivity index (χ0) is 16.4. The molecule has 0 aromatic rings. The molecule has 0 fully saturated rings. The van der Waals surface area contributed by atoms with Gasteiger partial charge in [-0.15, -0.1) is 0 Å². The zero-order valence-electron chi connectivity index (χ0n) is 11.9. The van der Waals surface area contributed by atoms with Crippen LogP contribution in [0.5, 0.6) is 0 Å². The van der Waals surface area contributed by atoms with Gasteiger partial charge in [0.25, 0.3) is 5.97 Å². The van der Waals surface area contributed by atoms with Gasteiger partial charge in [-0.3, -0.25) is 14.4 Å². The molecular formula is C11H21Br2NO5. The lowest BCUT2D eigenvalue weighted by atomic mass is 10.7. The Morgan fingerprint density at radius 2 is 1.42 bits per heavy atom. The molecule has 0 unspecified atom stereocenters. The molecule has 0 aromatic heterocycles. The second-order valence-corrected chi connectivity index (χ2v) is 5.30. The van der Waals surface area contributed by atoms with Gasteiger partial charge in [0.1, 0.15) is 6.29 Å². The Morgan fingerprint density at radius 3 is 1.42 bits per heavy atom. The Kier molecular flexibility index (Phi) is 31.6. The molecule has 0 aliphatic carbocycles. The zero-order valence-corrected chi connectivity index (χ0v) is 15.1. The van der Waals surface area contributed by atoms with Crippen molar-refractivity contribution in [3.05, 3.63) is 9.47 Å². The molecule has 1 N–H and O–H groups in total. The maximum absolute atomic E-state index is 10.2. The number of amides is 1. The van der Waals surface area contributed by atoms with E-state index in [1.54, 1.807) is 7.05 Å². The van der Waals surface area contributed by atoms with Gasteiger partial charge >= 0.3 is 0 Å². The third-order valence-corrected chi connectivity index (χ3v) is 1.85. The molecule has 19 heavy (non-hydrogen) atoms. The lowest BCUT2D eigenvalue weighted by molar-refractivity contribution is -0.165. The lowest BCUT2D eigenvalue weighted by Crippen LogP contribution is -2.21. The summed E-state index contributed by atoms with van der Waals surface area (Å²) in [6, 6.07) is 0. The molecule has 0 aliphatic heterocycles. The van der Waals surface area contributed by atoms with Gasteiger partial charge in [-0.25, -0.2) is 5.06 Å². The van der Waals surface area contributed by atoms with Crippen LogP contribution in [0.3, 0.4) is 0 Å². The van der Waals surface area contributed by atoms with E-state index in [4.69, 9.17) is 14.7 Å². The Labute approximate surface area is 131 Å². The number of rotatable bonds is 1. The number of carbonyl (C=O) groups excluding carboxylic acids is 2. The molecule has 0 aromatic carbocycles. The average molecular weight is 407 g/mol. The molecule has 0 bridgehead atoms. The Balaban J connectivity index is -0.0000000833. The molecule has 0 atom stereocenters. The third-order valence-electron chi connectivity index (χ3n) is 0.936. The minimum Gasteiger partial charge on any atom is -0.481 e. The number of halogens is 2. The number of aliphatic carboxylic acids is 1. The highest BCUT2D eigenvalue weighted by atomic mass is 79.9. The van der Waals surface area contributed by atoms with Crippen LogP contribution in [0.15, 0.2) is 9.47 Å². The van der Waals surface area contributed by atoms with Crippen LogP contribution in [0.4, 0.5) is 0 Å². The van der Waals surface area contributed by atoms with Crippen molar-refractivity contribution >= 4 is 50.0 Å². The highest BCUT2D eigenvalue weighted by Gasteiger charge is 1.94. The second kappa shape index (κ2) is 22.5. The van der Waals surface area contributed by atoms with Crippen molar-refractivity contribution in [2.45, 2.75) is 27.7 Å². The maximum atomic E-state index is 10.2. The number of carboxylic acids is 1. The van der Waals surface area contributed by atoms with Crippen molar-refractivity contribution in [1.29, 1.82) is 0 Å². The summed E-state index contributed by atoms with van der Waals surface area (Å²) in [5.41, 5.74) is 0. The maximum Gasteiger partial charge on any atom is 0.300 e. The Bertz CT molecular complexity index is 262. The highest BCUT2D eigenvalue weighted by Crippen LogP contribution is 2.10. The van der Waals surface area contributed by atoms with Gasteiger partial charge in [-0.05, 0) is 45.7 Å². The van der Waals surface area contributed by atoms with Gasteiger partial charge in [-0.2, -0.15) is 0 Å². The van der Waals surface area contributed by atoms with Crippen LogP contribution >= 0.6 is 31.9 Å². The SMILES string of the molecule is CC(=O)O.CC=C(Br)Br.CC=O.CON(C)C(C)=O. The van der Waals surface area contributed by atoms with Crippen molar-refractivity contribution in [2.24, 2.45) is 0 Å². The monoisotopic (exact) mass is 405 g/mol. The van der Waals surface area contributed by atoms with Crippen LogP contribution in [0.25, 0.3) is 0 Å². The van der Waals surface area contributed by atoms with E-state index >= 15 is 0 Å². The van der Waals surface area contributed by atoms with Gasteiger partial charge in [0.15, 0.2) is 0 Å². The van der Waals surface area contributed by atoms with E-state index in [-0.39, 0.29) is 5.91 Å². The summed E-state index contributed by atoms with van der Waals surface area (Å²) < 4.78 is 1.00. The molecule has 0 aliphatic rings. The van der Waals surface area contributed by atoms with Gasteiger partial charge in [0, 0.05) is 20.9 Å². The lowest BCUT2D eigenvalue weighted by Gasteiger charge is -2.08. The molecule has 0 saturated carbocycles. The summed E-state index contributed by atoms with van der Waals surface area (Å²) in [7, 11) is 3.00. The fourth-order valence-corrected chi connectivity index (χ4v) is 0.129. The second-order valence-electron chi connectivity index (χ2n) is 2.53. The predicted octanol–water partition coefficient (Wildman–Crippen LogP) is 2.96. The van der Waals surface area contributed by atoms with E-state index < -0.39 is 5.97 Å². The molecule has 8 heteroatoms. The van der Waals surface area contributed by atoms with Gasteiger partial charge < -0.3 is 9.90 Å². The van der Waals surface area contributed by atoms with E-state index in [9.17, 15) is 4.79 Å². The molecule has 0 radical (unpaired) electrons. The number of aldehydes is 1. The molecule has 6 nitrogen and oxygen atoms in total. The van der Waals surface area contributed by atoms with E-state index in [0.717, 1.165) is 21.7 Å². The van der Waals surface area contributed by atoms with Gasteiger partial charge in [0.2, 0.25) is 5.91 Å². The van der Waals surface area contributed by atoms with Crippen molar-refractivity contribution in [2.75, 3.05) is 14.2 Å². The summed E-state index contributed by atoms with van der Waals surface area (Å²) in [6.07, 6.45) is 2.67. The number of hydrogen-bond acceptors (Lipinski definition) is 4. The largest absolute Gasteiger partial charge is 0.481 e. The number of carboxylic acid groups (broad SMARTS) is 1. The van der Waals surface area contributed by atoms with Crippen LogP contribution in [0, 0.1) is 0 Å². The molecule has 0 saturated heterocycles. The summed E-state index contributed by atoms with van der Waals surface area (Å²) >= 11 is 6.30. The van der Waals surface area contributed by atoms with E-state index in [0.29, 0.717) is 0 Å². The quantitative estimate of drug-likeness (QED) is 0.534. The summed E-state index contributed by atoms with van der Waals surface area (Å²) in [5, 5.41) is 8.57. The normalized spacial score (nSPS) is 6.95. The van der Waals surface area contributed by atoms with E-state index in [1.807, 2.05) is 13.0 Å². The summed E-state index contributed by atoms with van der Waals surface area (Å²) in [4.78, 5) is 32.5. The number of nitrogens with zero attached hydrogens (tertiary/aromatic N) is 1. The van der Waals surface area contributed by atoms with E-state index in [2.05, 4.69) is 36.7 Å². The van der Waals surface area contributed by atoms with Crippen LogP contribution < -0.4 is 0 Å². The van der Waals surface area contributed by atoms with Crippen molar-refractivity contribution in [1.82, 2.24) is 5.06 Å². The standard InChI is InChI=1S/C4H9NO2.C3H4Br2.C2H4O2.C2H4O/c1-4(6)5(2)7-3;1-2-3(4)5;1-2(3)4;1-2-3/h1-3H3;2H,1H3;1H3,(H,3,4);2H,1H3. The summed E-state index contributed by atoms with van der Waals surface area (Å²) in [6.45, 7) is 5.91. The smallest absolute Gasteiger partial charge is 0.300 e. The molecule has 0 heterocycles. The summed E-state index contributed by atoms with van der Waals surface area (Å²) in [5.74, 6) is -0.928. The van der Waals surface area contributed by atoms with Crippen LogP contribution in [-0.4, -0.2) is 42.5 Å². The van der Waals surface area contributed by atoms with Crippen molar-refractivity contribution in [3.63, 3.8) is 0 Å².